The Morgan fingerprint density at radius 3 is 2.52 bits per heavy atom. The van der Waals surface area contributed by atoms with Crippen molar-refractivity contribution in [3.8, 4) is 0 Å². The number of hydrogen-bond donors (Lipinski definition) is 2. The van der Waals surface area contributed by atoms with Crippen LogP contribution in [-0.4, -0.2) is 40.6 Å². The van der Waals surface area contributed by atoms with Gasteiger partial charge in [-0.3, -0.25) is 4.79 Å². The van der Waals surface area contributed by atoms with Crippen LogP contribution in [0.3, 0.4) is 0 Å². The molecular weight excluding hydrogens is 334 g/mol. The average Bonchev–Trinajstić information content (AvgIpc) is 2.62. The summed E-state index contributed by atoms with van der Waals surface area (Å²) in [5.74, 6) is 0.443. The normalized spacial score (nSPS) is 22.6. The first-order valence-corrected chi connectivity index (χ1v) is 9.49. The number of fused-ring (bicyclic) bond motifs is 1. The SMILES string of the molecule is Cc1ccc(C(=O)N2c3ccccc3[C@H](SCCO)[C@@H](O)[C@@H]2C)cc1. The van der Waals surface area contributed by atoms with E-state index < -0.39 is 6.10 Å². The van der Waals surface area contributed by atoms with Gasteiger partial charge in [-0.15, -0.1) is 11.8 Å². The Balaban J connectivity index is 2.01. The number of aryl methyl sites for hydroxylation is 1. The van der Waals surface area contributed by atoms with Gasteiger partial charge in [-0.2, -0.15) is 0 Å². The number of rotatable bonds is 4. The summed E-state index contributed by atoms with van der Waals surface area (Å²) in [7, 11) is 0. The summed E-state index contributed by atoms with van der Waals surface area (Å²) in [6.07, 6.45) is -0.694. The number of amides is 1. The van der Waals surface area contributed by atoms with Crippen molar-refractivity contribution in [3.63, 3.8) is 0 Å². The molecule has 1 aliphatic heterocycles. The molecule has 1 aliphatic rings. The highest BCUT2D eigenvalue weighted by Gasteiger charge is 2.40. The molecule has 0 saturated carbocycles. The number of hydrogen-bond acceptors (Lipinski definition) is 4. The lowest BCUT2D eigenvalue weighted by Crippen LogP contribution is -2.51. The lowest BCUT2D eigenvalue weighted by molar-refractivity contribution is 0.0902. The van der Waals surface area contributed by atoms with Crippen LogP contribution >= 0.6 is 11.8 Å². The van der Waals surface area contributed by atoms with Crippen molar-refractivity contribution >= 4 is 23.4 Å². The van der Waals surface area contributed by atoms with Gasteiger partial charge in [-0.25, -0.2) is 0 Å². The lowest BCUT2D eigenvalue weighted by Gasteiger charge is -2.42. The van der Waals surface area contributed by atoms with Crippen molar-refractivity contribution in [2.45, 2.75) is 31.2 Å². The number of carbonyl (C=O) groups excluding carboxylic acids is 1. The molecule has 0 fully saturated rings. The van der Waals surface area contributed by atoms with Crippen LogP contribution in [0.4, 0.5) is 5.69 Å². The Hall–Kier alpha value is -1.82. The summed E-state index contributed by atoms with van der Waals surface area (Å²) in [5, 5.41) is 19.8. The van der Waals surface area contributed by atoms with Gasteiger partial charge in [0, 0.05) is 17.0 Å². The van der Waals surface area contributed by atoms with Crippen LogP contribution in [0.2, 0.25) is 0 Å². The molecule has 0 bridgehead atoms. The molecule has 5 heteroatoms. The van der Waals surface area contributed by atoms with Gasteiger partial charge >= 0.3 is 0 Å². The quantitative estimate of drug-likeness (QED) is 0.882. The van der Waals surface area contributed by atoms with Gasteiger partial charge in [0.2, 0.25) is 0 Å². The maximum atomic E-state index is 13.1. The molecule has 0 unspecified atom stereocenters. The van der Waals surface area contributed by atoms with Gasteiger partial charge in [0.25, 0.3) is 5.91 Å². The van der Waals surface area contributed by atoms with Crippen molar-refractivity contribution in [1.82, 2.24) is 0 Å². The molecule has 4 nitrogen and oxygen atoms in total. The summed E-state index contributed by atoms with van der Waals surface area (Å²) >= 11 is 1.53. The van der Waals surface area contributed by atoms with Crippen LogP contribution in [0.5, 0.6) is 0 Å². The molecule has 0 spiro atoms. The zero-order valence-corrected chi connectivity index (χ0v) is 15.2. The van der Waals surface area contributed by atoms with Crippen LogP contribution in [0.1, 0.15) is 33.7 Å². The van der Waals surface area contributed by atoms with Crippen molar-refractivity contribution in [2.24, 2.45) is 0 Å². The third kappa shape index (κ3) is 3.45. The predicted molar refractivity (Wildman–Crippen MR) is 102 cm³/mol. The van der Waals surface area contributed by atoms with E-state index in [-0.39, 0.29) is 23.8 Å². The van der Waals surface area contributed by atoms with Crippen molar-refractivity contribution < 1.29 is 15.0 Å². The maximum absolute atomic E-state index is 13.1. The van der Waals surface area contributed by atoms with Gasteiger partial charge in [-0.05, 0) is 37.6 Å². The number of para-hydroxylation sites is 1. The molecule has 3 rings (SSSR count). The number of thioether (sulfide) groups is 1. The minimum atomic E-state index is -0.694. The highest BCUT2D eigenvalue weighted by atomic mass is 32.2. The first-order valence-electron chi connectivity index (χ1n) is 8.44. The Morgan fingerprint density at radius 1 is 1.16 bits per heavy atom. The molecule has 1 heterocycles. The average molecular weight is 357 g/mol. The van der Waals surface area contributed by atoms with E-state index in [0.717, 1.165) is 16.8 Å². The van der Waals surface area contributed by atoms with Crippen LogP contribution < -0.4 is 4.90 Å². The standard InChI is InChI=1S/C20H23NO3S/c1-13-7-9-15(10-8-13)20(24)21-14(2)18(23)19(25-12-11-22)16-5-3-4-6-17(16)21/h3-10,14,18-19,22-23H,11-12H2,1-2H3/t14-,18-,19-/m0/s1. The molecule has 2 N–H and O–H groups in total. The molecule has 0 saturated heterocycles. The number of nitrogens with zero attached hydrogens (tertiary/aromatic N) is 1. The molecule has 0 aliphatic carbocycles. The van der Waals surface area contributed by atoms with E-state index >= 15 is 0 Å². The first-order chi connectivity index (χ1) is 12.0. The molecule has 3 atom stereocenters. The van der Waals surface area contributed by atoms with Crippen LogP contribution in [0, 0.1) is 6.92 Å². The number of benzene rings is 2. The van der Waals surface area contributed by atoms with Crippen LogP contribution in [0.25, 0.3) is 0 Å². The second kappa shape index (κ2) is 7.60. The largest absolute Gasteiger partial charge is 0.396 e. The number of anilines is 1. The topological polar surface area (TPSA) is 60.8 Å². The summed E-state index contributed by atoms with van der Waals surface area (Å²) in [6, 6.07) is 14.9. The van der Waals surface area contributed by atoms with E-state index in [2.05, 4.69) is 0 Å². The summed E-state index contributed by atoms with van der Waals surface area (Å²) in [4.78, 5) is 14.8. The van der Waals surface area contributed by atoms with Gasteiger partial charge in [0.15, 0.2) is 0 Å². The van der Waals surface area contributed by atoms with Crippen molar-refractivity contribution in [1.29, 1.82) is 0 Å². The van der Waals surface area contributed by atoms with Gasteiger partial charge in [0.05, 0.1) is 24.0 Å². The van der Waals surface area contributed by atoms with E-state index in [1.807, 2.05) is 62.4 Å². The zero-order valence-electron chi connectivity index (χ0n) is 14.4. The van der Waals surface area contributed by atoms with E-state index in [4.69, 9.17) is 5.11 Å². The fraction of sp³-hybridized carbons (Fsp3) is 0.350. The highest BCUT2D eigenvalue weighted by Crippen LogP contribution is 2.44. The minimum Gasteiger partial charge on any atom is -0.396 e. The molecule has 1 amide bonds. The summed E-state index contributed by atoms with van der Waals surface area (Å²) < 4.78 is 0. The second-order valence-corrected chi connectivity index (χ2v) is 7.60. The smallest absolute Gasteiger partial charge is 0.258 e. The van der Waals surface area contributed by atoms with E-state index in [9.17, 15) is 9.90 Å². The monoisotopic (exact) mass is 357 g/mol. The van der Waals surface area contributed by atoms with Crippen LogP contribution in [-0.2, 0) is 0 Å². The fourth-order valence-corrected chi connectivity index (χ4v) is 4.42. The third-order valence-electron chi connectivity index (χ3n) is 4.62. The fourth-order valence-electron chi connectivity index (χ4n) is 3.25. The molecular formula is C20H23NO3S. The Morgan fingerprint density at radius 2 is 1.84 bits per heavy atom. The Bertz CT molecular complexity index is 747. The van der Waals surface area contributed by atoms with Gasteiger partial charge < -0.3 is 15.1 Å². The van der Waals surface area contributed by atoms with E-state index in [1.165, 1.54) is 11.8 Å². The zero-order chi connectivity index (χ0) is 18.0. The number of aliphatic hydroxyl groups excluding tert-OH is 2. The second-order valence-electron chi connectivity index (χ2n) is 6.35. The van der Waals surface area contributed by atoms with Crippen molar-refractivity contribution in [3.05, 3.63) is 65.2 Å². The van der Waals surface area contributed by atoms with Gasteiger partial charge in [-0.1, -0.05) is 35.9 Å². The Labute approximate surface area is 152 Å². The lowest BCUT2D eigenvalue weighted by atomic mass is 9.92. The molecule has 2 aromatic carbocycles. The predicted octanol–water partition coefficient (Wildman–Crippen LogP) is 3.17. The third-order valence-corrected chi connectivity index (χ3v) is 5.93. The first kappa shape index (κ1) is 18.0. The number of aliphatic hydroxyl groups is 2. The maximum Gasteiger partial charge on any atom is 0.258 e. The highest BCUT2D eigenvalue weighted by molar-refractivity contribution is 7.99. The molecule has 0 aromatic heterocycles. The van der Waals surface area contributed by atoms with Gasteiger partial charge in [0.1, 0.15) is 0 Å². The molecule has 0 radical (unpaired) electrons. The summed E-state index contributed by atoms with van der Waals surface area (Å²) in [6.45, 7) is 3.93. The molecule has 25 heavy (non-hydrogen) atoms. The van der Waals surface area contributed by atoms with E-state index in [1.54, 1.807) is 4.90 Å². The molecule has 2 aromatic rings. The van der Waals surface area contributed by atoms with Crippen molar-refractivity contribution in [2.75, 3.05) is 17.3 Å². The molecule has 132 valence electrons. The minimum absolute atomic E-state index is 0.0659. The number of carbonyl (C=O) groups is 1. The van der Waals surface area contributed by atoms with E-state index in [0.29, 0.717) is 11.3 Å². The van der Waals surface area contributed by atoms with Crippen LogP contribution in [0.15, 0.2) is 48.5 Å². The summed E-state index contributed by atoms with van der Waals surface area (Å²) in [5.41, 5.74) is 3.48. The Kier molecular flexibility index (Phi) is 5.47.